The maximum atomic E-state index is 5.31. The minimum atomic E-state index is 0.866. The summed E-state index contributed by atoms with van der Waals surface area (Å²) in [4.78, 5) is 20.4. The van der Waals surface area contributed by atoms with Crippen LogP contribution in [-0.2, 0) is 0 Å². The van der Waals surface area contributed by atoms with Crippen molar-refractivity contribution >= 4 is 65.0 Å². The molecule has 4 heteroatoms. The van der Waals surface area contributed by atoms with Gasteiger partial charge in [0.15, 0.2) is 0 Å². The summed E-state index contributed by atoms with van der Waals surface area (Å²) in [6.07, 6.45) is 1.92. The predicted octanol–water partition coefficient (Wildman–Crippen LogP) is 12.9. The summed E-state index contributed by atoms with van der Waals surface area (Å²) in [5.41, 5.74) is 10.6. The predicted molar refractivity (Wildman–Crippen MR) is 224 cm³/mol. The van der Waals surface area contributed by atoms with Crippen molar-refractivity contribution in [1.82, 2.24) is 19.9 Å². The highest BCUT2D eigenvalue weighted by atomic mass is 14.8. The van der Waals surface area contributed by atoms with Crippen LogP contribution in [-0.4, -0.2) is 19.9 Å². The van der Waals surface area contributed by atoms with Crippen LogP contribution in [0.1, 0.15) is 0 Å². The van der Waals surface area contributed by atoms with Gasteiger partial charge in [-0.3, -0.25) is 4.98 Å². The lowest BCUT2D eigenvalue weighted by molar-refractivity contribution is 1.30. The van der Waals surface area contributed by atoms with E-state index in [0.717, 1.165) is 72.4 Å². The molecule has 250 valence electrons. The molecule has 0 saturated carbocycles. The Hall–Kier alpha value is -7.30. The second-order valence-electron chi connectivity index (χ2n) is 13.8. The zero-order valence-corrected chi connectivity index (χ0v) is 29.1. The highest BCUT2D eigenvalue weighted by molar-refractivity contribution is 6.33. The van der Waals surface area contributed by atoms with Gasteiger partial charge in [-0.05, 0) is 51.9 Å². The summed E-state index contributed by atoms with van der Waals surface area (Å²) in [5, 5.41) is 10.7. The van der Waals surface area contributed by atoms with Crippen molar-refractivity contribution in [3.63, 3.8) is 0 Å². The van der Waals surface area contributed by atoms with Crippen LogP contribution in [0.5, 0.6) is 0 Å². The zero-order chi connectivity index (χ0) is 35.6. The van der Waals surface area contributed by atoms with Gasteiger partial charge < -0.3 is 0 Å². The third-order valence-electron chi connectivity index (χ3n) is 10.7. The van der Waals surface area contributed by atoms with Crippen LogP contribution in [0.15, 0.2) is 182 Å². The lowest BCUT2D eigenvalue weighted by Gasteiger charge is -2.16. The van der Waals surface area contributed by atoms with E-state index in [0.29, 0.717) is 0 Å². The van der Waals surface area contributed by atoms with Crippen LogP contribution in [0.25, 0.3) is 110 Å². The molecule has 0 spiro atoms. The topological polar surface area (TPSA) is 51.6 Å². The maximum Gasteiger partial charge on any atom is 0.0972 e. The second kappa shape index (κ2) is 12.1. The molecule has 0 fully saturated rings. The number of para-hydroxylation sites is 1. The molecule has 4 nitrogen and oxygen atoms in total. The summed E-state index contributed by atoms with van der Waals surface area (Å²) in [5.74, 6) is 0. The van der Waals surface area contributed by atoms with Gasteiger partial charge in [-0.25, -0.2) is 15.0 Å². The molecule has 11 rings (SSSR count). The van der Waals surface area contributed by atoms with Crippen LogP contribution < -0.4 is 0 Å². The molecule has 0 bridgehead atoms. The van der Waals surface area contributed by atoms with E-state index in [9.17, 15) is 0 Å². The molecule has 0 unspecified atom stereocenters. The van der Waals surface area contributed by atoms with Gasteiger partial charge in [-0.15, -0.1) is 0 Å². The lowest BCUT2D eigenvalue weighted by Crippen LogP contribution is -1.93. The molecule has 0 aliphatic heterocycles. The molecule has 11 aromatic rings. The summed E-state index contributed by atoms with van der Waals surface area (Å²) >= 11 is 0. The fourth-order valence-electron chi connectivity index (χ4n) is 8.05. The number of benzene rings is 7. The Balaban J connectivity index is 0.980. The number of hydrogen-bond acceptors (Lipinski definition) is 4. The van der Waals surface area contributed by atoms with E-state index in [1.165, 1.54) is 37.7 Å². The molecule has 0 amide bonds. The Morgan fingerprint density at radius 2 is 0.778 bits per heavy atom. The first-order chi connectivity index (χ1) is 26.8. The quantitative estimate of drug-likeness (QED) is 0.173. The van der Waals surface area contributed by atoms with E-state index in [1.807, 2.05) is 24.4 Å². The van der Waals surface area contributed by atoms with Crippen molar-refractivity contribution in [2.45, 2.75) is 0 Å². The first kappa shape index (κ1) is 30.3. The molecular weight excluding hydrogens is 657 g/mol. The molecule has 54 heavy (non-hydrogen) atoms. The number of rotatable bonds is 4. The Kier molecular flexibility index (Phi) is 6.82. The zero-order valence-electron chi connectivity index (χ0n) is 29.1. The fourth-order valence-corrected chi connectivity index (χ4v) is 8.05. The van der Waals surface area contributed by atoms with E-state index in [4.69, 9.17) is 19.9 Å². The van der Waals surface area contributed by atoms with Crippen LogP contribution >= 0.6 is 0 Å². The van der Waals surface area contributed by atoms with E-state index in [1.54, 1.807) is 0 Å². The fraction of sp³-hybridized carbons (Fsp3) is 0. The molecule has 0 N–H and O–H groups in total. The first-order valence-corrected chi connectivity index (χ1v) is 18.2. The lowest BCUT2D eigenvalue weighted by atomic mass is 9.90. The normalized spacial score (nSPS) is 11.7. The van der Waals surface area contributed by atoms with Crippen molar-refractivity contribution < 1.29 is 0 Å². The van der Waals surface area contributed by atoms with Crippen molar-refractivity contribution in [2.24, 2.45) is 0 Å². The minimum Gasteiger partial charge on any atom is -0.256 e. The summed E-state index contributed by atoms with van der Waals surface area (Å²) in [7, 11) is 0. The Labute approximate surface area is 311 Å². The number of nitrogens with zero attached hydrogens (tertiary/aromatic N) is 4. The van der Waals surface area contributed by atoms with Gasteiger partial charge in [0.1, 0.15) is 0 Å². The van der Waals surface area contributed by atoms with Gasteiger partial charge in [0.25, 0.3) is 0 Å². The molecule has 0 atom stereocenters. The molecule has 0 radical (unpaired) electrons. The largest absolute Gasteiger partial charge is 0.256 e. The van der Waals surface area contributed by atoms with Gasteiger partial charge in [-0.2, -0.15) is 0 Å². The monoisotopic (exact) mass is 686 g/mol. The standard InChI is InChI=1S/C50H30N4/c1-2-10-31(11-3-1)43-28-24-34-22-23-35-25-29-44(53-50(35)49(34)52-43)36-26-27-42(51-30-36)32-18-20-33(21-19-32)48-47-40-15-7-5-13-38(40)37-12-4-6-14-39(37)46(47)41-16-8-9-17-45(41)54-48/h1-30H. The highest BCUT2D eigenvalue weighted by Gasteiger charge is 2.17. The molecule has 4 aromatic heterocycles. The maximum absolute atomic E-state index is 5.31. The number of pyridine rings is 4. The summed E-state index contributed by atoms with van der Waals surface area (Å²) in [6, 6.07) is 61.7. The van der Waals surface area contributed by atoms with E-state index >= 15 is 0 Å². The first-order valence-electron chi connectivity index (χ1n) is 18.2. The van der Waals surface area contributed by atoms with Gasteiger partial charge in [0.05, 0.1) is 39.3 Å². The third-order valence-corrected chi connectivity index (χ3v) is 10.7. The van der Waals surface area contributed by atoms with Gasteiger partial charge >= 0.3 is 0 Å². The number of hydrogen-bond donors (Lipinski definition) is 0. The smallest absolute Gasteiger partial charge is 0.0972 e. The SMILES string of the molecule is c1ccc(-c2ccc3ccc4ccc(-c5ccc(-c6ccc(-c7nc8ccccc8c8c9ccccc9c9ccccc9c78)cc6)nc5)nc4c3n2)cc1. The van der Waals surface area contributed by atoms with Crippen molar-refractivity contribution in [3.05, 3.63) is 182 Å². The third kappa shape index (κ3) is 4.85. The van der Waals surface area contributed by atoms with E-state index in [-0.39, 0.29) is 0 Å². The Bertz CT molecular complexity index is 3250. The molecule has 0 aliphatic rings. The van der Waals surface area contributed by atoms with Crippen molar-refractivity contribution in [2.75, 3.05) is 0 Å². The van der Waals surface area contributed by atoms with E-state index < -0.39 is 0 Å². The molecular formula is C50H30N4. The van der Waals surface area contributed by atoms with Crippen LogP contribution in [0.2, 0.25) is 0 Å². The van der Waals surface area contributed by atoms with Gasteiger partial charge in [-0.1, -0.05) is 146 Å². The molecule has 0 aliphatic carbocycles. The van der Waals surface area contributed by atoms with Crippen molar-refractivity contribution in [1.29, 1.82) is 0 Å². The number of fused-ring (bicyclic) bond motifs is 11. The summed E-state index contributed by atoms with van der Waals surface area (Å²) < 4.78 is 0. The highest BCUT2D eigenvalue weighted by Crippen LogP contribution is 2.43. The molecule has 0 saturated heterocycles. The minimum absolute atomic E-state index is 0.866. The van der Waals surface area contributed by atoms with Crippen LogP contribution in [0, 0.1) is 0 Å². The molecule has 4 heterocycles. The van der Waals surface area contributed by atoms with Crippen LogP contribution in [0.3, 0.4) is 0 Å². The van der Waals surface area contributed by atoms with E-state index in [2.05, 4.69) is 158 Å². The Morgan fingerprint density at radius 1 is 0.296 bits per heavy atom. The average Bonchev–Trinajstić information content (AvgIpc) is 3.26. The number of aromatic nitrogens is 4. The van der Waals surface area contributed by atoms with Gasteiger partial charge in [0.2, 0.25) is 0 Å². The molecule has 7 aromatic carbocycles. The Morgan fingerprint density at radius 3 is 1.43 bits per heavy atom. The second-order valence-corrected chi connectivity index (χ2v) is 13.8. The van der Waals surface area contributed by atoms with Crippen LogP contribution in [0.4, 0.5) is 0 Å². The van der Waals surface area contributed by atoms with Gasteiger partial charge in [0, 0.05) is 55.4 Å². The average molecular weight is 687 g/mol. The summed E-state index contributed by atoms with van der Waals surface area (Å²) in [6.45, 7) is 0. The van der Waals surface area contributed by atoms with Crippen molar-refractivity contribution in [3.8, 4) is 45.0 Å².